The zero-order chi connectivity index (χ0) is 15.5. The number of para-hydroxylation sites is 2. The Morgan fingerprint density at radius 2 is 1.83 bits per heavy atom. The standard InChI is InChI=1S/C20H29N3/c1-2-8-16(9-3-1)20-22-18-11-4-5-12-19(18)23(20)15-13-17-10-6-7-14-21-17/h4-5,11-12,16-17,21H,1-3,6-10,13-15H2. The predicted molar refractivity (Wildman–Crippen MR) is 95.8 cm³/mol. The van der Waals surface area contributed by atoms with E-state index in [4.69, 9.17) is 4.98 Å². The molecule has 3 heteroatoms. The fourth-order valence-corrected chi connectivity index (χ4v) is 4.46. The van der Waals surface area contributed by atoms with Crippen molar-refractivity contribution in [1.82, 2.24) is 14.9 Å². The number of aromatic nitrogens is 2. The third kappa shape index (κ3) is 3.30. The van der Waals surface area contributed by atoms with Crippen molar-refractivity contribution >= 4 is 11.0 Å². The number of nitrogens with one attached hydrogen (secondary N) is 1. The number of fused-ring (bicyclic) bond motifs is 1. The summed E-state index contributed by atoms with van der Waals surface area (Å²) < 4.78 is 2.54. The van der Waals surface area contributed by atoms with E-state index in [1.165, 1.54) is 81.2 Å². The summed E-state index contributed by atoms with van der Waals surface area (Å²) in [6.07, 6.45) is 12.1. The first-order valence-electron chi connectivity index (χ1n) is 9.60. The fourth-order valence-electron chi connectivity index (χ4n) is 4.46. The van der Waals surface area contributed by atoms with Crippen molar-refractivity contribution in [1.29, 1.82) is 0 Å². The van der Waals surface area contributed by atoms with Crippen LogP contribution >= 0.6 is 0 Å². The van der Waals surface area contributed by atoms with E-state index in [2.05, 4.69) is 34.1 Å². The van der Waals surface area contributed by atoms with Gasteiger partial charge in [-0.2, -0.15) is 0 Å². The molecule has 4 rings (SSSR count). The summed E-state index contributed by atoms with van der Waals surface area (Å²) in [5.41, 5.74) is 2.52. The third-order valence-electron chi connectivity index (χ3n) is 5.77. The monoisotopic (exact) mass is 311 g/mol. The Morgan fingerprint density at radius 1 is 1.00 bits per heavy atom. The van der Waals surface area contributed by atoms with Crippen LogP contribution in [0.3, 0.4) is 0 Å². The van der Waals surface area contributed by atoms with Crippen LogP contribution in [0.1, 0.15) is 69.5 Å². The van der Waals surface area contributed by atoms with Crippen molar-refractivity contribution in [3.63, 3.8) is 0 Å². The largest absolute Gasteiger partial charge is 0.328 e. The molecule has 3 nitrogen and oxygen atoms in total. The quantitative estimate of drug-likeness (QED) is 0.893. The second kappa shape index (κ2) is 7.04. The summed E-state index contributed by atoms with van der Waals surface area (Å²) in [4.78, 5) is 5.04. The van der Waals surface area contributed by atoms with Crippen LogP contribution < -0.4 is 5.32 Å². The Morgan fingerprint density at radius 3 is 2.65 bits per heavy atom. The number of imidazole rings is 1. The summed E-state index contributed by atoms with van der Waals surface area (Å²) in [5.74, 6) is 2.04. The minimum absolute atomic E-state index is 0.676. The third-order valence-corrected chi connectivity index (χ3v) is 5.77. The molecule has 1 aromatic heterocycles. The van der Waals surface area contributed by atoms with Gasteiger partial charge in [-0.1, -0.05) is 37.8 Å². The molecule has 2 aromatic rings. The van der Waals surface area contributed by atoms with E-state index in [1.54, 1.807) is 0 Å². The molecule has 0 radical (unpaired) electrons. The Hall–Kier alpha value is -1.35. The maximum Gasteiger partial charge on any atom is 0.112 e. The molecular weight excluding hydrogens is 282 g/mol. The van der Waals surface area contributed by atoms with E-state index < -0.39 is 0 Å². The Balaban J connectivity index is 1.59. The molecule has 1 aliphatic carbocycles. The van der Waals surface area contributed by atoms with Crippen LogP contribution in [0, 0.1) is 0 Å². The normalized spacial score (nSPS) is 23.4. The molecule has 124 valence electrons. The van der Waals surface area contributed by atoms with E-state index in [9.17, 15) is 0 Å². The summed E-state index contributed by atoms with van der Waals surface area (Å²) in [5, 5.41) is 3.69. The number of piperidine rings is 1. The number of rotatable bonds is 4. The van der Waals surface area contributed by atoms with Gasteiger partial charge < -0.3 is 9.88 Å². The van der Waals surface area contributed by atoms with E-state index in [-0.39, 0.29) is 0 Å². The highest BCUT2D eigenvalue weighted by atomic mass is 15.1. The molecule has 2 fully saturated rings. The van der Waals surface area contributed by atoms with Crippen molar-refractivity contribution < 1.29 is 0 Å². The van der Waals surface area contributed by atoms with E-state index in [0.717, 1.165) is 6.54 Å². The molecule has 1 saturated heterocycles. The molecule has 0 spiro atoms. The molecule has 1 atom stereocenters. The molecule has 0 bridgehead atoms. The molecule has 1 saturated carbocycles. The average Bonchev–Trinajstić information content (AvgIpc) is 3.00. The van der Waals surface area contributed by atoms with Crippen molar-refractivity contribution in [2.24, 2.45) is 0 Å². The second-order valence-electron chi connectivity index (χ2n) is 7.38. The molecule has 1 N–H and O–H groups in total. The lowest BCUT2D eigenvalue weighted by Gasteiger charge is -2.26. The average molecular weight is 311 g/mol. The van der Waals surface area contributed by atoms with E-state index in [0.29, 0.717) is 12.0 Å². The molecule has 23 heavy (non-hydrogen) atoms. The van der Waals surface area contributed by atoms with Crippen LogP contribution in [-0.2, 0) is 6.54 Å². The molecule has 2 aliphatic rings. The van der Waals surface area contributed by atoms with Gasteiger partial charge in [0.15, 0.2) is 0 Å². The van der Waals surface area contributed by atoms with Crippen molar-refractivity contribution in [2.45, 2.75) is 76.3 Å². The van der Waals surface area contributed by atoms with Crippen LogP contribution in [0.25, 0.3) is 11.0 Å². The van der Waals surface area contributed by atoms with Crippen LogP contribution in [-0.4, -0.2) is 22.1 Å². The highest BCUT2D eigenvalue weighted by molar-refractivity contribution is 5.76. The van der Waals surface area contributed by atoms with Gasteiger partial charge in [-0.05, 0) is 50.8 Å². The summed E-state index contributed by atoms with van der Waals surface area (Å²) in [6, 6.07) is 9.40. The SMILES string of the molecule is c1ccc2c(c1)nc(C1CCCCC1)n2CCC1CCCCN1. The molecule has 0 amide bonds. The summed E-state index contributed by atoms with van der Waals surface area (Å²) >= 11 is 0. The number of benzene rings is 1. The molecule has 1 aliphatic heterocycles. The smallest absolute Gasteiger partial charge is 0.112 e. The van der Waals surface area contributed by atoms with Crippen molar-refractivity contribution in [3.05, 3.63) is 30.1 Å². The fraction of sp³-hybridized carbons (Fsp3) is 0.650. The van der Waals surface area contributed by atoms with Gasteiger partial charge in [0.1, 0.15) is 5.82 Å². The van der Waals surface area contributed by atoms with Gasteiger partial charge in [-0.15, -0.1) is 0 Å². The second-order valence-corrected chi connectivity index (χ2v) is 7.38. The van der Waals surface area contributed by atoms with Gasteiger partial charge in [0.2, 0.25) is 0 Å². The van der Waals surface area contributed by atoms with Crippen LogP contribution in [0.4, 0.5) is 0 Å². The Bertz CT molecular complexity index is 633. The lowest BCUT2D eigenvalue weighted by molar-refractivity contribution is 0.359. The number of hydrogen-bond acceptors (Lipinski definition) is 2. The maximum atomic E-state index is 5.04. The van der Waals surface area contributed by atoms with Crippen molar-refractivity contribution in [3.8, 4) is 0 Å². The zero-order valence-corrected chi connectivity index (χ0v) is 14.1. The van der Waals surface area contributed by atoms with Crippen molar-refractivity contribution in [2.75, 3.05) is 6.54 Å². The van der Waals surface area contributed by atoms with Gasteiger partial charge in [-0.25, -0.2) is 4.98 Å². The first-order chi connectivity index (χ1) is 11.4. The number of hydrogen-bond donors (Lipinski definition) is 1. The van der Waals surface area contributed by atoms with Gasteiger partial charge in [0, 0.05) is 18.5 Å². The first kappa shape index (κ1) is 15.2. The molecule has 2 heterocycles. The lowest BCUT2D eigenvalue weighted by Crippen LogP contribution is -2.34. The lowest BCUT2D eigenvalue weighted by atomic mass is 9.88. The zero-order valence-electron chi connectivity index (χ0n) is 14.1. The van der Waals surface area contributed by atoms with Gasteiger partial charge in [-0.3, -0.25) is 0 Å². The Kier molecular flexibility index (Phi) is 4.65. The maximum absolute atomic E-state index is 5.04. The number of nitrogens with zero attached hydrogens (tertiary/aromatic N) is 2. The Labute approximate surface area is 139 Å². The number of aryl methyl sites for hydroxylation is 1. The van der Waals surface area contributed by atoms with E-state index >= 15 is 0 Å². The highest BCUT2D eigenvalue weighted by Gasteiger charge is 2.23. The summed E-state index contributed by atoms with van der Waals surface area (Å²) in [6.45, 7) is 2.31. The first-order valence-corrected chi connectivity index (χ1v) is 9.60. The molecule has 1 unspecified atom stereocenters. The minimum Gasteiger partial charge on any atom is -0.328 e. The van der Waals surface area contributed by atoms with Gasteiger partial charge in [0.05, 0.1) is 11.0 Å². The topological polar surface area (TPSA) is 29.9 Å². The van der Waals surface area contributed by atoms with Gasteiger partial charge in [0.25, 0.3) is 0 Å². The summed E-state index contributed by atoms with van der Waals surface area (Å²) in [7, 11) is 0. The van der Waals surface area contributed by atoms with E-state index in [1.807, 2.05) is 0 Å². The van der Waals surface area contributed by atoms with Crippen LogP contribution in [0.2, 0.25) is 0 Å². The predicted octanol–water partition coefficient (Wildman–Crippen LogP) is 4.62. The van der Waals surface area contributed by atoms with Crippen LogP contribution in [0.5, 0.6) is 0 Å². The highest BCUT2D eigenvalue weighted by Crippen LogP contribution is 2.34. The minimum atomic E-state index is 0.676. The van der Waals surface area contributed by atoms with Gasteiger partial charge >= 0.3 is 0 Å². The van der Waals surface area contributed by atoms with Crippen LogP contribution in [0.15, 0.2) is 24.3 Å². The molecule has 1 aromatic carbocycles. The molecular formula is C20H29N3.